The number of nitrogens with one attached hydrogen (secondary N) is 1. The molecule has 0 aliphatic heterocycles. The van der Waals surface area contributed by atoms with Crippen LogP contribution in [-0.4, -0.2) is 12.5 Å². The normalized spacial score (nSPS) is 19.3. The second-order valence-corrected chi connectivity index (χ2v) is 7.92. The molecule has 31 heavy (non-hydrogen) atoms. The summed E-state index contributed by atoms with van der Waals surface area (Å²) in [6.07, 6.45) is -3.33. The van der Waals surface area contributed by atoms with Gasteiger partial charge in [0.2, 0.25) is 5.91 Å². The van der Waals surface area contributed by atoms with Crippen LogP contribution in [0.4, 0.5) is 17.6 Å². The molecule has 3 aromatic rings. The molecule has 1 saturated carbocycles. The van der Waals surface area contributed by atoms with Crippen molar-refractivity contribution in [1.29, 1.82) is 0 Å². The van der Waals surface area contributed by atoms with Gasteiger partial charge in [0.1, 0.15) is 22.9 Å². The maximum Gasteiger partial charge on any atom is 0.416 e. The van der Waals surface area contributed by atoms with Gasteiger partial charge >= 0.3 is 6.18 Å². The summed E-state index contributed by atoms with van der Waals surface area (Å²) in [5, 5.41) is 3.50. The number of hydrogen-bond donors (Lipinski definition) is 1. The van der Waals surface area contributed by atoms with Gasteiger partial charge in [0.05, 0.1) is 18.2 Å². The van der Waals surface area contributed by atoms with E-state index in [-0.39, 0.29) is 42.0 Å². The van der Waals surface area contributed by atoms with Crippen molar-refractivity contribution in [3.05, 3.63) is 65.7 Å². The minimum Gasteiger partial charge on any atom is -0.493 e. The molecule has 0 bridgehead atoms. The largest absolute Gasteiger partial charge is 0.493 e. The standard InChI is InChI=1S/C23H21F4NO3/c1-13(21-9-15-8-18(24)5-6-20(15)31-21)28-22(29)10-14-7-16(14)12-30-19-4-2-3-17(11-19)23(25,26)27/h2-6,8-9,11,13-14,16H,7,10,12H2,1H3,(H,28,29)/t13-,14+,16-/m1/s1. The van der Waals surface area contributed by atoms with Crippen LogP contribution >= 0.6 is 0 Å². The van der Waals surface area contributed by atoms with Gasteiger partial charge in [0, 0.05) is 11.8 Å². The zero-order valence-corrected chi connectivity index (χ0v) is 16.7. The first-order chi connectivity index (χ1) is 14.7. The van der Waals surface area contributed by atoms with E-state index in [2.05, 4.69) is 5.32 Å². The Labute approximate surface area is 176 Å². The Balaban J connectivity index is 1.25. The van der Waals surface area contributed by atoms with Crippen LogP contribution < -0.4 is 10.1 Å². The molecule has 4 rings (SSSR count). The van der Waals surface area contributed by atoms with Crippen molar-refractivity contribution < 1.29 is 31.5 Å². The fourth-order valence-corrected chi connectivity index (χ4v) is 3.59. The molecule has 1 aliphatic carbocycles. The number of alkyl halides is 3. The molecule has 1 aliphatic rings. The molecule has 0 spiro atoms. The Bertz CT molecular complexity index is 1090. The van der Waals surface area contributed by atoms with Gasteiger partial charge in [0.25, 0.3) is 0 Å². The predicted octanol–water partition coefficient (Wildman–Crippen LogP) is 5.87. The molecule has 2 aromatic carbocycles. The van der Waals surface area contributed by atoms with E-state index in [1.165, 1.54) is 24.3 Å². The molecule has 0 saturated heterocycles. The van der Waals surface area contributed by atoms with E-state index >= 15 is 0 Å². The van der Waals surface area contributed by atoms with Crippen LogP contribution in [0.3, 0.4) is 0 Å². The number of carbonyl (C=O) groups is 1. The summed E-state index contributed by atoms with van der Waals surface area (Å²) < 4.78 is 62.8. The topological polar surface area (TPSA) is 51.5 Å². The van der Waals surface area contributed by atoms with Crippen LogP contribution in [0, 0.1) is 17.7 Å². The van der Waals surface area contributed by atoms with Crippen molar-refractivity contribution in [1.82, 2.24) is 5.32 Å². The average Bonchev–Trinajstić information content (AvgIpc) is 3.29. The number of hydrogen-bond acceptors (Lipinski definition) is 3. The summed E-state index contributed by atoms with van der Waals surface area (Å²) in [6, 6.07) is 10.3. The lowest BCUT2D eigenvalue weighted by Crippen LogP contribution is -2.26. The third kappa shape index (κ3) is 5.18. The number of amides is 1. The number of ether oxygens (including phenoxy) is 1. The summed E-state index contributed by atoms with van der Waals surface area (Å²) in [5.41, 5.74) is -0.203. The zero-order valence-electron chi connectivity index (χ0n) is 16.7. The van der Waals surface area contributed by atoms with Crippen LogP contribution in [0.2, 0.25) is 0 Å². The fraction of sp³-hybridized carbons (Fsp3) is 0.348. The van der Waals surface area contributed by atoms with Gasteiger partial charge in [-0.3, -0.25) is 4.79 Å². The highest BCUT2D eigenvalue weighted by Gasteiger charge is 2.39. The minimum atomic E-state index is -4.41. The summed E-state index contributed by atoms with van der Waals surface area (Å²) in [4.78, 5) is 12.3. The van der Waals surface area contributed by atoms with Gasteiger partial charge in [-0.15, -0.1) is 0 Å². The zero-order chi connectivity index (χ0) is 22.2. The molecule has 0 radical (unpaired) electrons. The molecule has 1 aromatic heterocycles. The van der Waals surface area contributed by atoms with Crippen molar-refractivity contribution >= 4 is 16.9 Å². The lowest BCUT2D eigenvalue weighted by atomic mass is 10.2. The first-order valence-electron chi connectivity index (χ1n) is 9.97. The van der Waals surface area contributed by atoms with Gasteiger partial charge in [-0.1, -0.05) is 6.07 Å². The van der Waals surface area contributed by atoms with E-state index in [1.807, 2.05) is 0 Å². The summed E-state index contributed by atoms with van der Waals surface area (Å²) in [6.45, 7) is 2.05. The van der Waals surface area contributed by atoms with Gasteiger partial charge < -0.3 is 14.5 Å². The number of halogens is 4. The van der Waals surface area contributed by atoms with Crippen molar-refractivity contribution in [2.75, 3.05) is 6.61 Å². The number of rotatable bonds is 7. The molecular weight excluding hydrogens is 414 g/mol. The van der Waals surface area contributed by atoms with Crippen molar-refractivity contribution in [2.45, 2.75) is 32.0 Å². The van der Waals surface area contributed by atoms with Crippen molar-refractivity contribution in [2.24, 2.45) is 11.8 Å². The molecule has 1 heterocycles. The van der Waals surface area contributed by atoms with Crippen LogP contribution in [0.5, 0.6) is 5.75 Å². The Hall–Kier alpha value is -3.03. The molecule has 0 unspecified atom stereocenters. The van der Waals surface area contributed by atoms with E-state index in [0.29, 0.717) is 23.2 Å². The predicted molar refractivity (Wildman–Crippen MR) is 106 cm³/mol. The number of fused-ring (bicyclic) bond motifs is 1. The summed E-state index contributed by atoms with van der Waals surface area (Å²) in [7, 11) is 0. The summed E-state index contributed by atoms with van der Waals surface area (Å²) in [5.74, 6) is 0.455. The summed E-state index contributed by atoms with van der Waals surface area (Å²) >= 11 is 0. The SMILES string of the molecule is C[C@@H](NC(=O)C[C@@H]1C[C@@H]1COc1cccc(C(F)(F)F)c1)c1cc2cc(F)ccc2o1. The molecule has 8 heteroatoms. The maximum absolute atomic E-state index is 13.3. The second-order valence-electron chi connectivity index (χ2n) is 7.92. The second kappa shape index (κ2) is 8.24. The molecule has 1 amide bonds. The van der Waals surface area contributed by atoms with Crippen LogP contribution in [0.25, 0.3) is 11.0 Å². The number of carbonyl (C=O) groups excluding carboxylic acids is 1. The fourth-order valence-electron chi connectivity index (χ4n) is 3.59. The average molecular weight is 435 g/mol. The van der Waals surface area contributed by atoms with Gasteiger partial charge in [-0.2, -0.15) is 13.2 Å². The first kappa shape index (κ1) is 21.2. The van der Waals surface area contributed by atoms with Gasteiger partial charge in [0.15, 0.2) is 0 Å². The third-order valence-electron chi connectivity index (χ3n) is 5.44. The third-order valence-corrected chi connectivity index (χ3v) is 5.44. The van der Waals surface area contributed by atoms with E-state index in [4.69, 9.17) is 9.15 Å². The smallest absolute Gasteiger partial charge is 0.416 e. The van der Waals surface area contributed by atoms with Crippen LogP contribution in [0.1, 0.15) is 37.1 Å². The highest BCUT2D eigenvalue weighted by atomic mass is 19.4. The quantitative estimate of drug-likeness (QED) is 0.472. The minimum absolute atomic E-state index is 0.128. The number of benzene rings is 2. The van der Waals surface area contributed by atoms with Crippen molar-refractivity contribution in [3.8, 4) is 5.75 Å². The van der Waals surface area contributed by atoms with E-state index in [1.54, 1.807) is 19.1 Å². The lowest BCUT2D eigenvalue weighted by molar-refractivity contribution is -0.137. The van der Waals surface area contributed by atoms with Crippen LogP contribution in [0.15, 0.2) is 52.9 Å². The molecule has 3 atom stereocenters. The van der Waals surface area contributed by atoms with Crippen LogP contribution in [-0.2, 0) is 11.0 Å². The molecule has 1 N–H and O–H groups in total. The molecule has 1 fully saturated rings. The first-order valence-corrected chi connectivity index (χ1v) is 9.97. The monoisotopic (exact) mass is 435 g/mol. The van der Waals surface area contributed by atoms with E-state index in [0.717, 1.165) is 18.6 Å². The van der Waals surface area contributed by atoms with Gasteiger partial charge in [-0.05, 0) is 67.6 Å². The Morgan fingerprint density at radius 1 is 1.19 bits per heavy atom. The van der Waals surface area contributed by atoms with Gasteiger partial charge in [-0.25, -0.2) is 4.39 Å². The van der Waals surface area contributed by atoms with Crippen molar-refractivity contribution in [3.63, 3.8) is 0 Å². The Morgan fingerprint density at radius 3 is 2.77 bits per heavy atom. The Morgan fingerprint density at radius 2 is 2.00 bits per heavy atom. The van der Waals surface area contributed by atoms with E-state index in [9.17, 15) is 22.4 Å². The number of furan rings is 1. The lowest BCUT2D eigenvalue weighted by Gasteiger charge is -2.12. The Kier molecular flexibility index (Phi) is 5.64. The van der Waals surface area contributed by atoms with E-state index < -0.39 is 11.7 Å². The molecule has 4 nitrogen and oxygen atoms in total. The highest BCUT2D eigenvalue weighted by molar-refractivity contribution is 5.79. The molecule has 164 valence electrons. The molecular formula is C23H21F4NO3. The highest BCUT2D eigenvalue weighted by Crippen LogP contribution is 2.42. The maximum atomic E-state index is 13.3.